The Bertz CT molecular complexity index is 893. The second kappa shape index (κ2) is 8.26. The van der Waals surface area contributed by atoms with Gasteiger partial charge in [0, 0.05) is 6.08 Å². The summed E-state index contributed by atoms with van der Waals surface area (Å²) in [6, 6.07) is 18.6. The van der Waals surface area contributed by atoms with Gasteiger partial charge in [-0.15, -0.1) is 0 Å². The molecule has 0 atom stereocenters. The van der Waals surface area contributed by atoms with Crippen molar-refractivity contribution in [1.29, 1.82) is 0 Å². The van der Waals surface area contributed by atoms with E-state index in [2.05, 4.69) is 14.8 Å². The fraction of sp³-hybridized carbons (Fsp3) is 0.0526. The van der Waals surface area contributed by atoms with E-state index in [4.69, 9.17) is 0 Å². The summed E-state index contributed by atoms with van der Waals surface area (Å²) in [5.41, 5.74) is 1.52. The van der Waals surface area contributed by atoms with Crippen LogP contribution >= 0.6 is 11.8 Å². The zero-order chi connectivity index (χ0) is 18.4. The number of esters is 1. The molecular formula is C19H15N3O3S. The summed E-state index contributed by atoms with van der Waals surface area (Å²) in [4.78, 5) is 28.8. The standard InChI is InChI=1S/C19H15N3O3S/c1-25-17(23)12-16-18(24)22(20-13-14-8-4-2-5-9-14)19(26-16)21-15-10-6-3-7-11-15/h2-13H,1H3/b16-12?,20-13+,21-19?. The largest absolute Gasteiger partial charge is 0.466 e. The number of aliphatic imine (C=N–C) groups is 1. The van der Waals surface area contributed by atoms with Crippen molar-refractivity contribution in [3.63, 3.8) is 0 Å². The summed E-state index contributed by atoms with van der Waals surface area (Å²) in [5.74, 6) is -1.03. The number of nitrogens with zero attached hydrogens (tertiary/aromatic N) is 3. The molecule has 0 N–H and O–H groups in total. The number of rotatable bonds is 4. The van der Waals surface area contributed by atoms with Crippen molar-refractivity contribution in [2.24, 2.45) is 10.1 Å². The topological polar surface area (TPSA) is 71.3 Å². The zero-order valence-corrected chi connectivity index (χ0v) is 14.7. The maximum absolute atomic E-state index is 12.6. The van der Waals surface area contributed by atoms with Crippen LogP contribution in [0.2, 0.25) is 0 Å². The van der Waals surface area contributed by atoms with Crippen molar-refractivity contribution in [2.45, 2.75) is 0 Å². The highest BCUT2D eigenvalue weighted by atomic mass is 32.2. The Morgan fingerprint density at radius 1 is 1.08 bits per heavy atom. The molecule has 26 heavy (non-hydrogen) atoms. The van der Waals surface area contributed by atoms with Gasteiger partial charge in [0.2, 0.25) is 0 Å². The molecule has 1 aliphatic rings. The van der Waals surface area contributed by atoms with Gasteiger partial charge in [0.05, 0.1) is 23.9 Å². The third-order valence-electron chi connectivity index (χ3n) is 3.34. The van der Waals surface area contributed by atoms with Crippen molar-refractivity contribution in [2.75, 3.05) is 7.11 Å². The van der Waals surface area contributed by atoms with E-state index in [1.54, 1.807) is 6.21 Å². The van der Waals surface area contributed by atoms with Crippen LogP contribution in [-0.4, -0.2) is 35.4 Å². The highest BCUT2D eigenvalue weighted by molar-refractivity contribution is 8.18. The average Bonchev–Trinajstić information content (AvgIpc) is 2.96. The minimum atomic E-state index is -0.603. The Hall–Kier alpha value is -3.19. The molecule has 1 aliphatic heterocycles. The summed E-state index contributed by atoms with van der Waals surface area (Å²) < 4.78 is 4.60. The normalized spacial score (nSPS) is 17.4. The number of amidine groups is 1. The van der Waals surface area contributed by atoms with Gasteiger partial charge in [0.15, 0.2) is 5.17 Å². The lowest BCUT2D eigenvalue weighted by Crippen LogP contribution is -2.23. The Labute approximate surface area is 154 Å². The average molecular weight is 365 g/mol. The molecule has 6 nitrogen and oxygen atoms in total. The predicted octanol–water partition coefficient (Wildman–Crippen LogP) is 3.34. The fourth-order valence-corrected chi connectivity index (χ4v) is 2.98. The lowest BCUT2D eigenvalue weighted by atomic mass is 10.2. The van der Waals surface area contributed by atoms with Gasteiger partial charge in [-0.1, -0.05) is 48.5 Å². The molecule has 0 spiro atoms. The highest BCUT2D eigenvalue weighted by Gasteiger charge is 2.34. The smallest absolute Gasteiger partial charge is 0.331 e. The molecule has 0 unspecified atom stereocenters. The van der Waals surface area contributed by atoms with Gasteiger partial charge in [-0.2, -0.15) is 10.1 Å². The van der Waals surface area contributed by atoms with Gasteiger partial charge in [0.1, 0.15) is 0 Å². The summed E-state index contributed by atoms with van der Waals surface area (Å²) in [6.07, 6.45) is 2.71. The van der Waals surface area contributed by atoms with E-state index < -0.39 is 11.9 Å². The number of hydrazone groups is 1. The van der Waals surface area contributed by atoms with Crippen LogP contribution < -0.4 is 0 Å². The number of carbonyl (C=O) groups is 2. The predicted molar refractivity (Wildman–Crippen MR) is 102 cm³/mol. The van der Waals surface area contributed by atoms with E-state index in [1.165, 1.54) is 12.1 Å². The van der Waals surface area contributed by atoms with Crippen molar-refractivity contribution in [3.05, 3.63) is 77.2 Å². The van der Waals surface area contributed by atoms with Gasteiger partial charge < -0.3 is 4.74 Å². The molecule has 1 heterocycles. The van der Waals surface area contributed by atoms with Crippen LogP contribution in [0.15, 0.2) is 81.7 Å². The third-order valence-corrected chi connectivity index (χ3v) is 4.30. The maximum Gasteiger partial charge on any atom is 0.331 e. The third kappa shape index (κ3) is 4.25. The zero-order valence-electron chi connectivity index (χ0n) is 13.9. The molecule has 0 saturated carbocycles. The first-order valence-electron chi connectivity index (χ1n) is 7.72. The number of amides is 1. The van der Waals surface area contributed by atoms with E-state index in [0.29, 0.717) is 10.9 Å². The van der Waals surface area contributed by atoms with Crippen LogP contribution in [-0.2, 0) is 14.3 Å². The van der Waals surface area contributed by atoms with Crippen LogP contribution in [0, 0.1) is 0 Å². The van der Waals surface area contributed by atoms with E-state index in [1.807, 2.05) is 60.7 Å². The Balaban J connectivity index is 1.95. The minimum Gasteiger partial charge on any atom is -0.466 e. The second-order valence-corrected chi connectivity index (χ2v) is 6.15. The van der Waals surface area contributed by atoms with Crippen LogP contribution in [0.1, 0.15) is 5.56 Å². The molecule has 0 bridgehead atoms. The Morgan fingerprint density at radius 2 is 1.73 bits per heavy atom. The van der Waals surface area contributed by atoms with Gasteiger partial charge >= 0.3 is 5.97 Å². The molecule has 3 rings (SSSR count). The highest BCUT2D eigenvalue weighted by Crippen LogP contribution is 2.33. The van der Waals surface area contributed by atoms with Crippen molar-refractivity contribution in [3.8, 4) is 0 Å². The van der Waals surface area contributed by atoms with Crippen LogP contribution in [0.4, 0.5) is 5.69 Å². The maximum atomic E-state index is 12.6. The van der Waals surface area contributed by atoms with Crippen LogP contribution in [0.25, 0.3) is 0 Å². The number of benzene rings is 2. The van der Waals surface area contributed by atoms with E-state index in [9.17, 15) is 9.59 Å². The number of ether oxygens (including phenoxy) is 1. The molecular weight excluding hydrogens is 350 g/mol. The molecule has 0 radical (unpaired) electrons. The molecule has 130 valence electrons. The molecule has 1 amide bonds. The van der Waals surface area contributed by atoms with Gasteiger partial charge in [-0.3, -0.25) is 4.79 Å². The SMILES string of the molecule is COC(=O)C=C1SC(=Nc2ccccc2)N(/N=C/c2ccccc2)C1=O. The van der Waals surface area contributed by atoms with Crippen molar-refractivity contribution >= 4 is 40.7 Å². The summed E-state index contributed by atoms with van der Waals surface area (Å²) in [6.45, 7) is 0. The van der Waals surface area contributed by atoms with Gasteiger partial charge in [-0.25, -0.2) is 9.79 Å². The lowest BCUT2D eigenvalue weighted by molar-refractivity contribution is -0.135. The van der Waals surface area contributed by atoms with Gasteiger partial charge in [0.25, 0.3) is 5.91 Å². The summed E-state index contributed by atoms with van der Waals surface area (Å²) in [7, 11) is 1.26. The second-order valence-electron chi connectivity index (χ2n) is 5.14. The van der Waals surface area contributed by atoms with Gasteiger partial charge in [-0.05, 0) is 29.5 Å². The molecule has 1 saturated heterocycles. The number of hydrogen-bond donors (Lipinski definition) is 0. The summed E-state index contributed by atoms with van der Waals surface area (Å²) in [5, 5.41) is 5.79. The number of methoxy groups -OCH3 is 1. The van der Waals surface area contributed by atoms with Crippen molar-refractivity contribution in [1.82, 2.24) is 5.01 Å². The molecule has 1 fully saturated rings. The molecule has 7 heteroatoms. The number of para-hydroxylation sites is 1. The first-order chi connectivity index (χ1) is 12.7. The van der Waals surface area contributed by atoms with Crippen molar-refractivity contribution < 1.29 is 14.3 Å². The Morgan fingerprint density at radius 3 is 2.38 bits per heavy atom. The molecule has 0 aliphatic carbocycles. The number of carbonyl (C=O) groups excluding carboxylic acids is 2. The first kappa shape index (κ1) is 17.6. The number of hydrogen-bond acceptors (Lipinski definition) is 6. The Kier molecular flexibility index (Phi) is 5.60. The first-order valence-corrected chi connectivity index (χ1v) is 8.54. The van der Waals surface area contributed by atoms with E-state index >= 15 is 0 Å². The van der Waals surface area contributed by atoms with Crippen LogP contribution in [0.3, 0.4) is 0 Å². The number of thioether (sulfide) groups is 1. The fourth-order valence-electron chi connectivity index (χ4n) is 2.08. The lowest BCUT2D eigenvalue weighted by Gasteiger charge is -2.08. The molecule has 2 aromatic rings. The van der Waals surface area contributed by atoms with Crippen LogP contribution in [0.5, 0.6) is 0 Å². The van der Waals surface area contributed by atoms with E-state index in [0.717, 1.165) is 23.4 Å². The van der Waals surface area contributed by atoms with E-state index in [-0.39, 0.29) is 4.91 Å². The monoisotopic (exact) mass is 365 g/mol. The molecule has 0 aromatic heterocycles. The quantitative estimate of drug-likeness (QED) is 0.473. The summed E-state index contributed by atoms with van der Waals surface area (Å²) >= 11 is 1.07. The minimum absolute atomic E-state index is 0.205. The molecule has 2 aromatic carbocycles.